The lowest BCUT2D eigenvalue weighted by Gasteiger charge is -2.16. The summed E-state index contributed by atoms with van der Waals surface area (Å²) < 4.78 is 6.13. The zero-order valence-electron chi connectivity index (χ0n) is 18.6. The number of hydrogen-bond donors (Lipinski definition) is 2. The second-order valence-electron chi connectivity index (χ2n) is 7.60. The van der Waals surface area contributed by atoms with Crippen molar-refractivity contribution in [2.75, 3.05) is 6.61 Å². The van der Waals surface area contributed by atoms with Gasteiger partial charge in [-0.05, 0) is 65.9 Å². The summed E-state index contributed by atoms with van der Waals surface area (Å²) in [6.07, 6.45) is 1.64. The maximum absolute atomic E-state index is 13.5. The number of hydrogen-bond acceptors (Lipinski definition) is 6. The van der Waals surface area contributed by atoms with E-state index in [4.69, 9.17) is 14.9 Å². The van der Waals surface area contributed by atoms with Crippen LogP contribution in [0.3, 0.4) is 0 Å². The minimum absolute atomic E-state index is 0.156. The number of aliphatic imine (C=N–C) groups is 1. The van der Waals surface area contributed by atoms with Gasteiger partial charge in [0.2, 0.25) is 0 Å². The summed E-state index contributed by atoms with van der Waals surface area (Å²) in [5.41, 5.74) is 2.11. The Balaban J connectivity index is 1.69. The molecule has 1 aliphatic heterocycles. The van der Waals surface area contributed by atoms with Crippen molar-refractivity contribution in [3.8, 4) is 5.75 Å². The van der Waals surface area contributed by atoms with Gasteiger partial charge in [-0.15, -0.1) is 0 Å². The summed E-state index contributed by atoms with van der Waals surface area (Å²) in [5, 5.41) is 18.6. The molecule has 0 radical (unpaired) electrons. The van der Waals surface area contributed by atoms with Gasteiger partial charge in [0.05, 0.1) is 22.7 Å². The largest absolute Gasteiger partial charge is 0.481 e. The van der Waals surface area contributed by atoms with Crippen LogP contribution >= 0.6 is 27.7 Å². The third-order valence-electron chi connectivity index (χ3n) is 5.02. The van der Waals surface area contributed by atoms with Crippen molar-refractivity contribution in [1.82, 2.24) is 4.90 Å². The minimum atomic E-state index is -1.11. The Bertz CT molecular complexity index is 1370. The Kier molecular flexibility index (Phi) is 7.87. The third-order valence-corrected chi connectivity index (χ3v) is 6.52. The average molecular weight is 567 g/mol. The zero-order valence-corrected chi connectivity index (χ0v) is 21.0. The standard InChI is InChI=1S/C26H19BrN2O6S/c27-19-10-11-21(35-15-23(30)31)18(12-19)13-22-24(32)29(14-16-6-8-17(9-7-16)25(33)34)26(36-22)28-20-4-2-1-3-5-20/h1-13H,14-15H2,(H,30,31)(H,33,34)/b22-13-,28-26?. The van der Waals surface area contributed by atoms with Crippen LogP contribution in [0.2, 0.25) is 0 Å². The van der Waals surface area contributed by atoms with Crippen LogP contribution in [0.25, 0.3) is 6.08 Å². The average Bonchev–Trinajstić information content (AvgIpc) is 3.13. The van der Waals surface area contributed by atoms with Crippen LogP contribution in [0.5, 0.6) is 5.75 Å². The Morgan fingerprint density at radius 1 is 1.03 bits per heavy atom. The maximum atomic E-state index is 13.5. The number of amidine groups is 1. The van der Waals surface area contributed by atoms with Crippen molar-refractivity contribution < 1.29 is 29.3 Å². The van der Waals surface area contributed by atoms with Crippen LogP contribution in [0.4, 0.5) is 5.69 Å². The van der Waals surface area contributed by atoms with Crippen LogP contribution in [-0.2, 0) is 16.1 Å². The summed E-state index contributed by atoms with van der Waals surface area (Å²) >= 11 is 4.59. The molecule has 0 spiro atoms. The van der Waals surface area contributed by atoms with E-state index < -0.39 is 18.5 Å². The summed E-state index contributed by atoms with van der Waals surface area (Å²) in [4.78, 5) is 42.2. The summed E-state index contributed by atoms with van der Waals surface area (Å²) in [6, 6.07) is 20.6. The summed E-state index contributed by atoms with van der Waals surface area (Å²) in [5.74, 6) is -2.10. The molecule has 1 fully saturated rings. The molecule has 0 unspecified atom stereocenters. The van der Waals surface area contributed by atoms with Gasteiger partial charge in [0, 0.05) is 10.0 Å². The molecular weight excluding hydrogens is 548 g/mol. The van der Waals surface area contributed by atoms with Crippen LogP contribution < -0.4 is 4.74 Å². The number of aliphatic carboxylic acids is 1. The highest BCUT2D eigenvalue weighted by atomic mass is 79.9. The molecule has 182 valence electrons. The minimum Gasteiger partial charge on any atom is -0.481 e. The van der Waals surface area contributed by atoms with Crippen molar-refractivity contribution in [3.05, 3.63) is 98.9 Å². The number of carboxylic acid groups (broad SMARTS) is 2. The van der Waals surface area contributed by atoms with E-state index in [0.717, 1.165) is 10.0 Å². The predicted octanol–water partition coefficient (Wildman–Crippen LogP) is 5.41. The molecule has 8 nitrogen and oxygen atoms in total. The number of carbonyl (C=O) groups is 3. The first-order chi connectivity index (χ1) is 17.3. The fourth-order valence-electron chi connectivity index (χ4n) is 3.32. The number of benzene rings is 3. The molecule has 1 amide bonds. The number of nitrogens with zero attached hydrogens (tertiary/aromatic N) is 2. The maximum Gasteiger partial charge on any atom is 0.341 e. The van der Waals surface area contributed by atoms with E-state index in [2.05, 4.69) is 20.9 Å². The van der Waals surface area contributed by atoms with Crippen molar-refractivity contribution >= 4 is 62.5 Å². The monoisotopic (exact) mass is 566 g/mol. The summed E-state index contributed by atoms with van der Waals surface area (Å²) in [7, 11) is 0. The van der Waals surface area contributed by atoms with Gasteiger partial charge in [-0.2, -0.15) is 0 Å². The lowest BCUT2D eigenvalue weighted by Crippen LogP contribution is -2.28. The molecule has 36 heavy (non-hydrogen) atoms. The predicted molar refractivity (Wildman–Crippen MR) is 140 cm³/mol. The quantitative estimate of drug-likeness (QED) is 0.350. The van der Waals surface area contributed by atoms with E-state index in [0.29, 0.717) is 27.1 Å². The number of halogens is 1. The smallest absolute Gasteiger partial charge is 0.341 e. The second kappa shape index (κ2) is 11.2. The van der Waals surface area contributed by atoms with Gasteiger partial charge in [0.15, 0.2) is 11.8 Å². The van der Waals surface area contributed by atoms with E-state index in [1.165, 1.54) is 28.8 Å². The molecule has 2 N–H and O–H groups in total. The van der Waals surface area contributed by atoms with Gasteiger partial charge in [0.1, 0.15) is 5.75 Å². The molecule has 3 aromatic carbocycles. The van der Waals surface area contributed by atoms with Crippen LogP contribution in [0.15, 0.2) is 87.2 Å². The van der Waals surface area contributed by atoms with Gasteiger partial charge in [-0.1, -0.05) is 46.3 Å². The van der Waals surface area contributed by atoms with Crippen molar-refractivity contribution in [2.24, 2.45) is 4.99 Å². The molecule has 1 heterocycles. The molecule has 0 aromatic heterocycles. The first-order valence-corrected chi connectivity index (χ1v) is 12.2. The van der Waals surface area contributed by atoms with E-state index in [9.17, 15) is 14.4 Å². The number of carbonyl (C=O) groups excluding carboxylic acids is 1. The summed E-state index contributed by atoms with van der Waals surface area (Å²) in [6.45, 7) is -0.326. The molecule has 0 saturated carbocycles. The normalized spacial score (nSPS) is 15.5. The first-order valence-electron chi connectivity index (χ1n) is 10.6. The molecule has 4 rings (SSSR count). The van der Waals surface area contributed by atoms with E-state index in [-0.39, 0.29) is 18.0 Å². The van der Waals surface area contributed by atoms with Crippen molar-refractivity contribution in [2.45, 2.75) is 6.54 Å². The fraction of sp³-hybridized carbons (Fsp3) is 0.0769. The zero-order chi connectivity index (χ0) is 25.7. The van der Waals surface area contributed by atoms with Crippen LogP contribution in [-0.4, -0.2) is 44.7 Å². The number of carboxylic acids is 2. The number of aromatic carboxylic acids is 1. The van der Waals surface area contributed by atoms with Gasteiger partial charge >= 0.3 is 11.9 Å². The topological polar surface area (TPSA) is 116 Å². The molecule has 10 heteroatoms. The molecule has 1 saturated heterocycles. The van der Waals surface area contributed by atoms with E-state index in [1.54, 1.807) is 36.4 Å². The second-order valence-corrected chi connectivity index (χ2v) is 9.52. The molecule has 1 aliphatic rings. The Hall–Kier alpha value is -3.89. The Morgan fingerprint density at radius 3 is 2.42 bits per heavy atom. The van der Waals surface area contributed by atoms with E-state index >= 15 is 0 Å². The number of ether oxygens (including phenoxy) is 1. The molecule has 3 aromatic rings. The SMILES string of the molecule is O=C(O)COc1ccc(Br)cc1/C=C1\SC(=Nc2ccccc2)N(Cc2ccc(C(=O)O)cc2)C1=O. The molecule has 0 atom stereocenters. The molecule has 0 bridgehead atoms. The number of amides is 1. The van der Waals surface area contributed by atoms with Crippen molar-refractivity contribution in [1.29, 1.82) is 0 Å². The van der Waals surface area contributed by atoms with Crippen LogP contribution in [0, 0.1) is 0 Å². The third kappa shape index (κ3) is 6.21. The van der Waals surface area contributed by atoms with Gasteiger partial charge < -0.3 is 14.9 Å². The lowest BCUT2D eigenvalue weighted by molar-refractivity contribution is -0.139. The Morgan fingerprint density at radius 2 is 1.75 bits per heavy atom. The molecular formula is C26H19BrN2O6S. The number of thioether (sulfide) groups is 1. The van der Waals surface area contributed by atoms with Crippen LogP contribution in [0.1, 0.15) is 21.5 Å². The number of para-hydroxylation sites is 1. The highest BCUT2D eigenvalue weighted by molar-refractivity contribution is 9.10. The first kappa shape index (κ1) is 25.2. The number of rotatable bonds is 8. The van der Waals surface area contributed by atoms with Crippen molar-refractivity contribution in [3.63, 3.8) is 0 Å². The van der Waals surface area contributed by atoms with Gasteiger partial charge in [-0.3, -0.25) is 9.69 Å². The fourth-order valence-corrected chi connectivity index (χ4v) is 4.69. The van der Waals surface area contributed by atoms with E-state index in [1.807, 2.05) is 30.3 Å². The lowest BCUT2D eigenvalue weighted by atomic mass is 10.1. The van der Waals surface area contributed by atoms with Gasteiger partial charge in [0.25, 0.3) is 5.91 Å². The molecule has 0 aliphatic carbocycles. The Labute approximate surface area is 219 Å². The van der Waals surface area contributed by atoms with Gasteiger partial charge in [-0.25, -0.2) is 14.6 Å². The highest BCUT2D eigenvalue weighted by Crippen LogP contribution is 2.37. The highest BCUT2D eigenvalue weighted by Gasteiger charge is 2.34.